The zero-order chi connectivity index (χ0) is 11.9. The van der Waals surface area contributed by atoms with Crippen molar-refractivity contribution >= 4 is 5.97 Å². The molecule has 1 atom stereocenters. The molecule has 3 nitrogen and oxygen atoms in total. The molecule has 0 spiro atoms. The summed E-state index contributed by atoms with van der Waals surface area (Å²) < 4.78 is 0. The molecule has 90 valence electrons. The number of carboxylic acid groups (broad SMARTS) is 1. The quantitative estimate of drug-likeness (QED) is 0.612. The molecule has 15 heavy (non-hydrogen) atoms. The van der Waals surface area contributed by atoms with Crippen LogP contribution < -0.4 is 5.73 Å². The van der Waals surface area contributed by atoms with Gasteiger partial charge in [-0.25, -0.2) is 0 Å². The average Bonchev–Trinajstić information content (AvgIpc) is 2.00. The summed E-state index contributed by atoms with van der Waals surface area (Å²) in [6.45, 7) is 6.53. The van der Waals surface area contributed by atoms with E-state index in [0.717, 1.165) is 12.8 Å². The first kappa shape index (κ1) is 14.4. The Labute approximate surface area is 93.0 Å². The molecule has 0 aromatic carbocycles. The van der Waals surface area contributed by atoms with Crippen LogP contribution in [0.1, 0.15) is 59.3 Å². The van der Waals surface area contributed by atoms with Gasteiger partial charge in [0.05, 0.1) is 6.42 Å². The predicted molar refractivity (Wildman–Crippen MR) is 62.8 cm³/mol. The molecule has 0 saturated heterocycles. The van der Waals surface area contributed by atoms with Crippen LogP contribution in [0.4, 0.5) is 0 Å². The van der Waals surface area contributed by atoms with E-state index in [4.69, 9.17) is 10.8 Å². The lowest BCUT2D eigenvalue weighted by atomic mass is 9.80. The zero-order valence-corrected chi connectivity index (χ0v) is 10.3. The van der Waals surface area contributed by atoms with Crippen LogP contribution in [-0.2, 0) is 4.79 Å². The lowest BCUT2D eigenvalue weighted by molar-refractivity contribution is -0.137. The van der Waals surface area contributed by atoms with Crippen LogP contribution in [0.2, 0.25) is 0 Å². The van der Waals surface area contributed by atoms with E-state index < -0.39 is 5.97 Å². The SMILES string of the molecule is CCCCCC(C)(C)CC(N)CC(=O)O. The molecular weight excluding hydrogens is 190 g/mol. The van der Waals surface area contributed by atoms with Gasteiger partial charge in [-0.15, -0.1) is 0 Å². The van der Waals surface area contributed by atoms with E-state index >= 15 is 0 Å². The molecule has 0 fully saturated rings. The summed E-state index contributed by atoms with van der Waals surface area (Å²) in [4.78, 5) is 10.5. The van der Waals surface area contributed by atoms with Crippen molar-refractivity contribution in [1.82, 2.24) is 0 Å². The van der Waals surface area contributed by atoms with E-state index in [9.17, 15) is 4.79 Å². The van der Waals surface area contributed by atoms with Crippen LogP contribution in [0.15, 0.2) is 0 Å². The van der Waals surface area contributed by atoms with Crippen LogP contribution in [0.5, 0.6) is 0 Å². The van der Waals surface area contributed by atoms with Crippen LogP contribution in [0, 0.1) is 5.41 Å². The molecule has 0 aliphatic heterocycles. The van der Waals surface area contributed by atoms with Gasteiger partial charge in [0.1, 0.15) is 0 Å². The van der Waals surface area contributed by atoms with E-state index in [1.165, 1.54) is 19.3 Å². The van der Waals surface area contributed by atoms with E-state index in [1.807, 2.05) is 0 Å². The molecule has 1 unspecified atom stereocenters. The maximum absolute atomic E-state index is 10.5. The van der Waals surface area contributed by atoms with Gasteiger partial charge in [-0.1, -0.05) is 40.0 Å². The maximum atomic E-state index is 10.5. The Morgan fingerprint density at radius 3 is 2.47 bits per heavy atom. The maximum Gasteiger partial charge on any atom is 0.304 e. The van der Waals surface area contributed by atoms with Crippen molar-refractivity contribution in [2.45, 2.75) is 65.3 Å². The van der Waals surface area contributed by atoms with Crippen LogP contribution in [-0.4, -0.2) is 17.1 Å². The lowest BCUT2D eigenvalue weighted by Gasteiger charge is -2.27. The van der Waals surface area contributed by atoms with Gasteiger partial charge in [-0.3, -0.25) is 4.79 Å². The highest BCUT2D eigenvalue weighted by molar-refractivity contribution is 5.67. The monoisotopic (exact) mass is 215 g/mol. The summed E-state index contributed by atoms with van der Waals surface area (Å²) in [5.74, 6) is -0.799. The topological polar surface area (TPSA) is 63.3 Å². The first-order valence-electron chi connectivity index (χ1n) is 5.85. The van der Waals surface area contributed by atoms with Gasteiger partial charge < -0.3 is 10.8 Å². The van der Waals surface area contributed by atoms with Gasteiger partial charge >= 0.3 is 5.97 Å². The van der Waals surface area contributed by atoms with Crippen molar-refractivity contribution in [3.05, 3.63) is 0 Å². The van der Waals surface area contributed by atoms with Crippen LogP contribution in [0.3, 0.4) is 0 Å². The number of hydrogen-bond acceptors (Lipinski definition) is 2. The fourth-order valence-corrected chi connectivity index (χ4v) is 1.96. The van der Waals surface area contributed by atoms with Crippen molar-refractivity contribution in [3.63, 3.8) is 0 Å². The first-order valence-corrected chi connectivity index (χ1v) is 5.85. The molecule has 0 heterocycles. The number of carbonyl (C=O) groups is 1. The predicted octanol–water partition coefficient (Wildman–Crippen LogP) is 2.79. The van der Waals surface area contributed by atoms with Crippen LogP contribution in [0.25, 0.3) is 0 Å². The van der Waals surface area contributed by atoms with Gasteiger partial charge in [-0.05, 0) is 18.3 Å². The Hall–Kier alpha value is -0.570. The zero-order valence-electron chi connectivity index (χ0n) is 10.3. The summed E-state index contributed by atoms with van der Waals surface area (Å²) in [5.41, 5.74) is 5.95. The molecule has 0 aliphatic carbocycles. The number of carboxylic acids is 1. The van der Waals surface area contributed by atoms with Gasteiger partial charge in [0.2, 0.25) is 0 Å². The summed E-state index contributed by atoms with van der Waals surface area (Å²) in [5, 5.41) is 8.61. The number of hydrogen-bond donors (Lipinski definition) is 2. The summed E-state index contributed by atoms with van der Waals surface area (Å²) in [6, 6.07) is -0.209. The standard InChI is InChI=1S/C12H25NO2/c1-4-5-6-7-12(2,3)9-10(13)8-11(14)15/h10H,4-9,13H2,1-3H3,(H,14,15). The Morgan fingerprint density at radius 1 is 1.40 bits per heavy atom. The second-order valence-corrected chi connectivity index (χ2v) is 5.18. The minimum absolute atomic E-state index is 0.0806. The third kappa shape index (κ3) is 8.43. The molecule has 3 N–H and O–H groups in total. The second-order valence-electron chi connectivity index (χ2n) is 5.18. The Morgan fingerprint density at radius 2 is 2.00 bits per heavy atom. The normalized spacial score (nSPS) is 13.9. The third-order valence-corrected chi connectivity index (χ3v) is 2.71. The number of rotatable bonds is 8. The number of aliphatic carboxylic acids is 1. The third-order valence-electron chi connectivity index (χ3n) is 2.71. The van der Waals surface area contributed by atoms with E-state index in [-0.39, 0.29) is 17.9 Å². The Bertz CT molecular complexity index is 190. The molecule has 0 rings (SSSR count). The Balaban J connectivity index is 3.84. The molecule has 0 aromatic rings. The van der Waals surface area contributed by atoms with Crippen molar-refractivity contribution in [2.24, 2.45) is 11.1 Å². The average molecular weight is 215 g/mol. The molecule has 0 aliphatic rings. The molecule has 3 heteroatoms. The van der Waals surface area contributed by atoms with E-state index in [0.29, 0.717) is 0 Å². The minimum Gasteiger partial charge on any atom is -0.481 e. The lowest BCUT2D eigenvalue weighted by Crippen LogP contribution is -2.30. The summed E-state index contributed by atoms with van der Waals surface area (Å²) >= 11 is 0. The minimum atomic E-state index is -0.799. The molecule has 0 amide bonds. The number of unbranched alkanes of at least 4 members (excludes halogenated alkanes) is 2. The largest absolute Gasteiger partial charge is 0.481 e. The number of nitrogens with two attached hydrogens (primary N) is 1. The molecule has 0 saturated carbocycles. The highest BCUT2D eigenvalue weighted by atomic mass is 16.4. The highest BCUT2D eigenvalue weighted by Gasteiger charge is 2.22. The molecule has 0 radical (unpaired) electrons. The van der Waals surface area contributed by atoms with Crippen LogP contribution >= 0.6 is 0 Å². The first-order chi connectivity index (χ1) is 6.87. The van der Waals surface area contributed by atoms with E-state index in [2.05, 4.69) is 20.8 Å². The highest BCUT2D eigenvalue weighted by Crippen LogP contribution is 2.29. The molecule has 0 aromatic heterocycles. The molecular formula is C12H25NO2. The Kier molecular flexibility index (Phi) is 6.57. The fourth-order valence-electron chi connectivity index (χ4n) is 1.96. The fraction of sp³-hybridized carbons (Fsp3) is 0.917. The van der Waals surface area contributed by atoms with Crippen molar-refractivity contribution in [2.75, 3.05) is 0 Å². The summed E-state index contributed by atoms with van der Waals surface area (Å²) in [7, 11) is 0. The second kappa shape index (κ2) is 6.83. The van der Waals surface area contributed by atoms with Gasteiger partial charge in [0, 0.05) is 6.04 Å². The van der Waals surface area contributed by atoms with Crippen molar-refractivity contribution in [3.8, 4) is 0 Å². The van der Waals surface area contributed by atoms with Crippen molar-refractivity contribution in [1.29, 1.82) is 0 Å². The van der Waals surface area contributed by atoms with Gasteiger partial charge in [0.25, 0.3) is 0 Å². The van der Waals surface area contributed by atoms with Gasteiger partial charge in [-0.2, -0.15) is 0 Å². The smallest absolute Gasteiger partial charge is 0.304 e. The molecule has 0 bridgehead atoms. The summed E-state index contributed by atoms with van der Waals surface area (Å²) in [6.07, 6.45) is 5.69. The van der Waals surface area contributed by atoms with Crippen molar-refractivity contribution < 1.29 is 9.90 Å². The van der Waals surface area contributed by atoms with E-state index in [1.54, 1.807) is 0 Å². The van der Waals surface area contributed by atoms with Gasteiger partial charge in [0.15, 0.2) is 0 Å².